The van der Waals surface area contributed by atoms with E-state index in [1.165, 1.54) is 12.8 Å². The summed E-state index contributed by atoms with van der Waals surface area (Å²) in [5.74, 6) is 2.15. The molecule has 0 aliphatic heterocycles. The van der Waals surface area contributed by atoms with E-state index in [1.54, 1.807) is 6.33 Å². The van der Waals surface area contributed by atoms with Crippen molar-refractivity contribution in [1.82, 2.24) is 9.97 Å². The highest BCUT2D eigenvalue weighted by atomic mass is 15.0. The molecule has 0 fully saturated rings. The SMILES string of the molecule is CC(C)CCC(C)Nc1cc(C(C)C)ncn1. The molecular weight excluding hydrogens is 210 g/mol. The van der Waals surface area contributed by atoms with Crippen LogP contribution in [0.3, 0.4) is 0 Å². The topological polar surface area (TPSA) is 37.8 Å². The first kappa shape index (κ1) is 13.9. The van der Waals surface area contributed by atoms with Crippen molar-refractivity contribution in [3.8, 4) is 0 Å². The molecule has 1 unspecified atom stereocenters. The van der Waals surface area contributed by atoms with Gasteiger partial charge in [-0.3, -0.25) is 0 Å². The van der Waals surface area contributed by atoms with E-state index in [4.69, 9.17) is 0 Å². The van der Waals surface area contributed by atoms with Crippen LogP contribution >= 0.6 is 0 Å². The van der Waals surface area contributed by atoms with Crippen molar-refractivity contribution in [2.24, 2.45) is 5.92 Å². The molecule has 0 aliphatic carbocycles. The molecule has 0 aliphatic rings. The second-order valence-corrected chi connectivity index (χ2v) is 5.50. The Balaban J connectivity index is 2.53. The zero-order chi connectivity index (χ0) is 12.8. The van der Waals surface area contributed by atoms with Gasteiger partial charge in [0.15, 0.2) is 0 Å². The van der Waals surface area contributed by atoms with Crippen molar-refractivity contribution in [1.29, 1.82) is 0 Å². The Hall–Kier alpha value is -1.12. The first-order valence-corrected chi connectivity index (χ1v) is 6.57. The molecule has 0 aromatic carbocycles. The molecule has 0 saturated heterocycles. The summed E-state index contributed by atoms with van der Waals surface area (Å²) in [6.45, 7) is 11.0. The summed E-state index contributed by atoms with van der Waals surface area (Å²) in [6, 6.07) is 2.52. The molecule has 1 N–H and O–H groups in total. The van der Waals surface area contributed by atoms with Gasteiger partial charge in [-0.2, -0.15) is 0 Å². The van der Waals surface area contributed by atoms with Gasteiger partial charge < -0.3 is 5.32 Å². The predicted octanol–water partition coefficient (Wildman–Crippen LogP) is 3.84. The van der Waals surface area contributed by atoms with Crippen molar-refractivity contribution in [3.05, 3.63) is 18.1 Å². The highest BCUT2D eigenvalue weighted by molar-refractivity contribution is 5.36. The summed E-state index contributed by atoms with van der Waals surface area (Å²) in [6.07, 6.45) is 4.07. The molecule has 1 atom stereocenters. The highest BCUT2D eigenvalue weighted by Gasteiger charge is 2.07. The lowest BCUT2D eigenvalue weighted by Gasteiger charge is -2.16. The van der Waals surface area contributed by atoms with Gasteiger partial charge in [-0.15, -0.1) is 0 Å². The largest absolute Gasteiger partial charge is 0.368 e. The molecule has 0 amide bonds. The van der Waals surface area contributed by atoms with Gasteiger partial charge in [-0.25, -0.2) is 9.97 Å². The van der Waals surface area contributed by atoms with E-state index in [0.29, 0.717) is 12.0 Å². The average molecular weight is 235 g/mol. The Morgan fingerprint density at radius 1 is 1.06 bits per heavy atom. The Bertz CT molecular complexity index is 334. The van der Waals surface area contributed by atoms with Crippen molar-refractivity contribution in [2.75, 3.05) is 5.32 Å². The van der Waals surface area contributed by atoms with E-state index in [-0.39, 0.29) is 0 Å². The second kappa shape index (κ2) is 6.58. The summed E-state index contributed by atoms with van der Waals surface area (Å²) in [4.78, 5) is 8.54. The Morgan fingerprint density at radius 3 is 2.35 bits per heavy atom. The summed E-state index contributed by atoms with van der Waals surface area (Å²) >= 11 is 0. The third-order valence-electron chi connectivity index (χ3n) is 2.85. The minimum atomic E-state index is 0.449. The van der Waals surface area contributed by atoms with Gasteiger partial charge in [0, 0.05) is 17.8 Å². The lowest BCUT2D eigenvalue weighted by Crippen LogP contribution is -2.17. The molecular formula is C14H25N3. The molecule has 0 bridgehead atoms. The Kier molecular flexibility index (Phi) is 5.39. The maximum absolute atomic E-state index is 4.27. The molecule has 17 heavy (non-hydrogen) atoms. The van der Waals surface area contributed by atoms with Gasteiger partial charge in [-0.05, 0) is 31.6 Å². The maximum Gasteiger partial charge on any atom is 0.129 e. The molecule has 0 spiro atoms. The number of hydrogen-bond acceptors (Lipinski definition) is 3. The summed E-state index contributed by atoms with van der Waals surface area (Å²) in [5.41, 5.74) is 1.10. The molecule has 0 saturated carbocycles. The van der Waals surface area contributed by atoms with Crippen LogP contribution in [0.2, 0.25) is 0 Å². The zero-order valence-corrected chi connectivity index (χ0v) is 11.7. The standard InChI is InChI=1S/C14H25N3/c1-10(2)6-7-12(5)17-14-8-13(11(3)4)15-9-16-14/h8-12H,6-7H2,1-5H3,(H,15,16,17). The van der Waals surface area contributed by atoms with Crippen LogP contribution in [0.15, 0.2) is 12.4 Å². The average Bonchev–Trinajstić information content (AvgIpc) is 2.26. The molecule has 3 heteroatoms. The third kappa shape index (κ3) is 5.16. The van der Waals surface area contributed by atoms with Crippen LogP contribution in [0, 0.1) is 5.92 Å². The quantitative estimate of drug-likeness (QED) is 0.814. The Labute approximate surface area is 105 Å². The smallest absolute Gasteiger partial charge is 0.129 e. The van der Waals surface area contributed by atoms with Gasteiger partial charge in [0.05, 0.1) is 0 Å². The molecule has 1 rings (SSSR count). The normalized spacial score (nSPS) is 13.1. The summed E-state index contributed by atoms with van der Waals surface area (Å²) in [7, 11) is 0. The molecule has 0 radical (unpaired) electrons. The van der Waals surface area contributed by atoms with Crippen LogP contribution in [0.25, 0.3) is 0 Å². The number of rotatable bonds is 6. The van der Waals surface area contributed by atoms with Crippen molar-refractivity contribution in [2.45, 2.75) is 59.4 Å². The number of nitrogens with zero attached hydrogens (tertiary/aromatic N) is 2. The Morgan fingerprint density at radius 2 is 1.76 bits per heavy atom. The lowest BCUT2D eigenvalue weighted by atomic mass is 10.0. The van der Waals surface area contributed by atoms with Crippen LogP contribution in [0.4, 0.5) is 5.82 Å². The van der Waals surface area contributed by atoms with Crippen molar-refractivity contribution < 1.29 is 0 Å². The highest BCUT2D eigenvalue weighted by Crippen LogP contribution is 2.15. The summed E-state index contributed by atoms with van der Waals surface area (Å²) < 4.78 is 0. The number of nitrogens with one attached hydrogen (secondary N) is 1. The molecule has 96 valence electrons. The fourth-order valence-corrected chi connectivity index (χ4v) is 1.67. The maximum atomic E-state index is 4.27. The molecule has 1 aromatic rings. The van der Waals surface area contributed by atoms with Crippen LogP contribution in [0.1, 0.15) is 59.1 Å². The summed E-state index contributed by atoms with van der Waals surface area (Å²) in [5, 5.41) is 3.44. The van der Waals surface area contributed by atoms with Crippen LogP contribution in [-0.4, -0.2) is 16.0 Å². The first-order valence-electron chi connectivity index (χ1n) is 6.57. The van der Waals surface area contributed by atoms with Crippen LogP contribution < -0.4 is 5.32 Å². The van der Waals surface area contributed by atoms with Gasteiger partial charge in [-0.1, -0.05) is 27.7 Å². The van der Waals surface area contributed by atoms with Crippen molar-refractivity contribution in [3.63, 3.8) is 0 Å². The van der Waals surface area contributed by atoms with Crippen molar-refractivity contribution >= 4 is 5.82 Å². The van der Waals surface area contributed by atoms with E-state index >= 15 is 0 Å². The number of anilines is 1. The minimum absolute atomic E-state index is 0.449. The number of hydrogen-bond donors (Lipinski definition) is 1. The van der Waals surface area contributed by atoms with E-state index in [9.17, 15) is 0 Å². The number of aromatic nitrogens is 2. The first-order chi connectivity index (χ1) is 7.99. The monoisotopic (exact) mass is 235 g/mol. The third-order valence-corrected chi connectivity index (χ3v) is 2.85. The zero-order valence-electron chi connectivity index (χ0n) is 11.7. The van der Waals surface area contributed by atoms with E-state index in [1.807, 2.05) is 0 Å². The molecule has 3 nitrogen and oxygen atoms in total. The fourth-order valence-electron chi connectivity index (χ4n) is 1.67. The van der Waals surface area contributed by atoms with Crippen LogP contribution in [0.5, 0.6) is 0 Å². The fraction of sp³-hybridized carbons (Fsp3) is 0.714. The van der Waals surface area contributed by atoms with Gasteiger partial charge >= 0.3 is 0 Å². The molecule has 1 heterocycles. The van der Waals surface area contributed by atoms with Gasteiger partial charge in [0.2, 0.25) is 0 Å². The second-order valence-electron chi connectivity index (χ2n) is 5.50. The van der Waals surface area contributed by atoms with E-state index < -0.39 is 0 Å². The molecule has 1 aromatic heterocycles. The lowest BCUT2D eigenvalue weighted by molar-refractivity contribution is 0.527. The minimum Gasteiger partial charge on any atom is -0.368 e. The van der Waals surface area contributed by atoms with E-state index in [2.05, 4.69) is 56.0 Å². The van der Waals surface area contributed by atoms with Gasteiger partial charge in [0.1, 0.15) is 12.1 Å². The van der Waals surface area contributed by atoms with E-state index in [0.717, 1.165) is 17.4 Å². The predicted molar refractivity (Wildman–Crippen MR) is 73.3 cm³/mol. The van der Waals surface area contributed by atoms with Crippen LogP contribution in [-0.2, 0) is 0 Å². The van der Waals surface area contributed by atoms with Gasteiger partial charge in [0.25, 0.3) is 0 Å².